The highest BCUT2D eigenvalue weighted by atomic mass is 32.2. The number of thioether (sulfide) groups is 1. The molecule has 3 rings (SSSR count). The molecule has 0 unspecified atom stereocenters. The predicted octanol–water partition coefficient (Wildman–Crippen LogP) is 4.00. The van der Waals surface area contributed by atoms with Crippen LogP contribution in [0.2, 0.25) is 0 Å². The van der Waals surface area contributed by atoms with Gasteiger partial charge >= 0.3 is 6.18 Å². The standard InChI is InChI=1S/C17H18F3N3OS/c1-11-5-4-8-23(9-11)14(24)10-25-15-12-6-2-3-7-13(12)21-16(22-15)17(18,19)20/h2-3,6-7,11H,4-5,8-10H2,1H3/t11-/m1/s1. The van der Waals surface area contributed by atoms with Gasteiger partial charge in [-0.05, 0) is 24.8 Å². The molecule has 0 bridgehead atoms. The first-order valence-corrected chi connectivity index (χ1v) is 9.07. The average Bonchev–Trinajstić information content (AvgIpc) is 2.58. The van der Waals surface area contributed by atoms with E-state index in [0.717, 1.165) is 24.6 Å². The summed E-state index contributed by atoms with van der Waals surface area (Å²) in [5.41, 5.74) is 0.228. The SMILES string of the molecule is C[C@@H]1CCCN(C(=O)CSc2nc(C(F)(F)F)nc3ccccc23)C1. The van der Waals surface area contributed by atoms with E-state index in [1.54, 1.807) is 23.1 Å². The van der Waals surface area contributed by atoms with Crippen LogP contribution in [0.15, 0.2) is 29.3 Å². The third-order valence-corrected chi connectivity index (χ3v) is 5.14. The second kappa shape index (κ2) is 7.19. The number of benzene rings is 1. The molecule has 1 amide bonds. The fraction of sp³-hybridized carbons (Fsp3) is 0.471. The van der Waals surface area contributed by atoms with Crippen molar-refractivity contribution in [2.45, 2.75) is 31.0 Å². The highest BCUT2D eigenvalue weighted by molar-refractivity contribution is 8.00. The number of hydrogen-bond donors (Lipinski definition) is 0. The van der Waals surface area contributed by atoms with Crippen molar-refractivity contribution >= 4 is 28.6 Å². The van der Waals surface area contributed by atoms with Gasteiger partial charge in [-0.15, -0.1) is 0 Å². The molecule has 8 heteroatoms. The molecule has 1 aliphatic rings. The van der Waals surface area contributed by atoms with Crippen molar-refractivity contribution in [3.63, 3.8) is 0 Å². The van der Waals surface area contributed by atoms with Crippen LogP contribution in [-0.4, -0.2) is 39.6 Å². The average molecular weight is 369 g/mol. The molecule has 1 aliphatic heterocycles. The van der Waals surface area contributed by atoms with Crippen LogP contribution >= 0.6 is 11.8 Å². The summed E-state index contributed by atoms with van der Waals surface area (Å²) in [5.74, 6) is -0.703. The second-order valence-corrected chi connectivity index (χ2v) is 7.21. The molecular formula is C17H18F3N3OS. The Kier molecular flexibility index (Phi) is 5.17. The number of amides is 1. The van der Waals surface area contributed by atoms with Crippen molar-refractivity contribution in [2.24, 2.45) is 5.92 Å². The number of carbonyl (C=O) groups excluding carboxylic acids is 1. The fourth-order valence-corrected chi connectivity index (χ4v) is 3.84. The van der Waals surface area contributed by atoms with Gasteiger partial charge in [-0.1, -0.05) is 36.9 Å². The molecule has 1 atom stereocenters. The monoisotopic (exact) mass is 369 g/mol. The van der Waals surface area contributed by atoms with Crippen molar-refractivity contribution in [1.82, 2.24) is 14.9 Å². The van der Waals surface area contributed by atoms with E-state index >= 15 is 0 Å². The first-order valence-electron chi connectivity index (χ1n) is 8.09. The molecule has 0 spiro atoms. The summed E-state index contributed by atoms with van der Waals surface area (Å²) in [6.45, 7) is 3.51. The maximum absolute atomic E-state index is 13.0. The number of hydrogen-bond acceptors (Lipinski definition) is 4. The number of rotatable bonds is 3. The molecule has 134 valence electrons. The number of alkyl halides is 3. The van der Waals surface area contributed by atoms with Crippen LogP contribution in [0.25, 0.3) is 10.9 Å². The number of para-hydroxylation sites is 1. The van der Waals surface area contributed by atoms with Crippen LogP contribution in [-0.2, 0) is 11.0 Å². The molecule has 1 aromatic carbocycles. The maximum Gasteiger partial charge on any atom is 0.451 e. The lowest BCUT2D eigenvalue weighted by molar-refractivity contribution is -0.145. The molecule has 1 aromatic heterocycles. The smallest absolute Gasteiger partial charge is 0.342 e. The van der Waals surface area contributed by atoms with Crippen molar-refractivity contribution < 1.29 is 18.0 Å². The zero-order valence-electron chi connectivity index (χ0n) is 13.7. The van der Waals surface area contributed by atoms with Gasteiger partial charge in [-0.3, -0.25) is 4.79 Å². The van der Waals surface area contributed by atoms with Crippen molar-refractivity contribution in [1.29, 1.82) is 0 Å². The fourth-order valence-electron chi connectivity index (χ4n) is 2.92. The zero-order valence-corrected chi connectivity index (χ0v) is 14.5. The summed E-state index contributed by atoms with van der Waals surface area (Å²) in [4.78, 5) is 21.4. The minimum atomic E-state index is -4.62. The Labute approximate surface area is 147 Å². The molecule has 0 N–H and O–H groups in total. The third-order valence-electron chi connectivity index (χ3n) is 4.16. The lowest BCUT2D eigenvalue weighted by Gasteiger charge is -2.30. The zero-order chi connectivity index (χ0) is 18.0. The largest absolute Gasteiger partial charge is 0.451 e. The molecule has 2 heterocycles. The minimum absolute atomic E-state index is 0.0622. The summed E-state index contributed by atoms with van der Waals surface area (Å²) >= 11 is 1.04. The first-order chi connectivity index (χ1) is 11.8. The minimum Gasteiger partial charge on any atom is -0.342 e. The van der Waals surface area contributed by atoms with Crippen LogP contribution < -0.4 is 0 Å². The molecule has 1 fully saturated rings. The van der Waals surface area contributed by atoms with Crippen LogP contribution in [0.3, 0.4) is 0 Å². The van der Waals surface area contributed by atoms with E-state index in [-0.39, 0.29) is 22.2 Å². The van der Waals surface area contributed by atoms with Crippen molar-refractivity contribution in [3.8, 4) is 0 Å². The van der Waals surface area contributed by atoms with Crippen molar-refractivity contribution in [2.75, 3.05) is 18.8 Å². The van der Waals surface area contributed by atoms with Gasteiger partial charge < -0.3 is 4.90 Å². The number of piperidine rings is 1. The normalized spacial score (nSPS) is 18.6. The van der Waals surface area contributed by atoms with Gasteiger partial charge in [0.25, 0.3) is 0 Å². The molecule has 0 radical (unpaired) electrons. The highest BCUT2D eigenvalue weighted by Crippen LogP contribution is 2.32. The number of halogens is 3. The second-order valence-electron chi connectivity index (χ2n) is 6.24. The number of carbonyl (C=O) groups is 1. The van der Waals surface area contributed by atoms with Gasteiger partial charge in [-0.2, -0.15) is 13.2 Å². The Morgan fingerprint density at radius 1 is 1.32 bits per heavy atom. The topological polar surface area (TPSA) is 46.1 Å². The molecule has 25 heavy (non-hydrogen) atoms. The van der Waals surface area contributed by atoms with Crippen LogP contribution in [0, 0.1) is 5.92 Å². The molecule has 0 saturated carbocycles. The Hall–Kier alpha value is -1.83. The molecule has 2 aromatic rings. The lowest BCUT2D eigenvalue weighted by Crippen LogP contribution is -2.40. The van der Waals surface area contributed by atoms with Gasteiger partial charge in [0.2, 0.25) is 11.7 Å². The highest BCUT2D eigenvalue weighted by Gasteiger charge is 2.35. The van der Waals surface area contributed by atoms with E-state index < -0.39 is 12.0 Å². The Bertz CT molecular complexity index is 781. The number of fused-ring (bicyclic) bond motifs is 1. The molecule has 4 nitrogen and oxygen atoms in total. The summed E-state index contributed by atoms with van der Waals surface area (Å²) in [7, 11) is 0. The summed E-state index contributed by atoms with van der Waals surface area (Å²) in [5, 5.41) is 0.719. The Morgan fingerprint density at radius 2 is 2.08 bits per heavy atom. The van der Waals surface area contributed by atoms with Crippen molar-refractivity contribution in [3.05, 3.63) is 30.1 Å². The third kappa shape index (κ3) is 4.23. The van der Waals surface area contributed by atoms with Crippen LogP contribution in [0.5, 0.6) is 0 Å². The van der Waals surface area contributed by atoms with Gasteiger partial charge in [0, 0.05) is 18.5 Å². The lowest BCUT2D eigenvalue weighted by atomic mass is 10.0. The van der Waals surface area contributed by atoms with Gasteiger partial charge in [0.15, 0.2) is 0 Å². The molecule has 0 aliphatic carbocycles. The van der Waals surface area contributed by atoms with E-state index in [2.05, 4.69) is 16.9 Å². The predicted molar refractivity (Wildman–Crippen MR) is 90.2 cm³/mol. The maximum atomic E-state index is 13.0. The summed E-state index contributed by atoms with van der Waals surface area (Å²) in [6, 6.07) is 6.54. The first kappa shape index (κ1) is 18.0. The van der Waals surface area contributed by atoms with Crippen LogP contribution in [0.4, 0.5) is 13.2 Å². The van der Waals surface area contributed by atoms with Gasteiger partial charge in [-0.25, -0.2) is 9.97 Å². The van der Waals surface area contributed by atoms with E-state index in [4.69, 9.17) is 0 Å². The van der Waals surface area contributed by atoms with E-state index in [0.29, 0.717) is 24.4 Å². The number of nitrogens with zero attached hydrogens (tertiary/aromatic N) is 3. The Morgan fingerprint density at radius 3 is 2.80 bits per heavy atom. The van der Waals surface area contributed by atoms with E-state index in [1.165, 1.54) is 6.07 Å². The van der Waals surface area contributed by atoms with Gasteiger partial charge in [0.1, 0.15) is 5.03 Å². The quantitative estimate of drug-likeness (QED) is 0.606. The molecule has 1 saturated heterocycles. The summed E-state index contributed by atoms with van der Waals surface area (Å²) < 4.78 is 39.1. The van der Waals surface area contributed by atoms with Gasteiger partial charge in [0.05, 0.1) is 11.3 Å². The number of aromatic nitrogens is 2. The Balaban J connectivity index is 1.81. The molecular weight excluding hydrogens is 351 g/mol. The number of likely N-dealkylation sites (tertiary alicyclic amines) is 1. The van der Waals surface area contributed by atoms with E-state index in [9.17, 15) is 18.0 Å². The van der Waals surface area contributed by atoms with Crippen LogP contribution in [0.1, 0.15) is 25.6 Å². The van der Waals surface area contributed by atoms with E-state index in [1.807, 2.05) is 0 Å². The summed E-state index contributed by atoms with van der Waals surface area (Å²) in [6.07, 6.45) is -2.56.